The van der Waals surface area contributed by atoms with Crippen LogP contribution in [0.3, 0.4) is 0 Å². The lowest BCUT2D eigenvalue weighted by Crippen LogP contribution is -2.45. The fourth-order valence-corrected chi connectivity index (χ4v) is 3.17. The van der Waals surface area contributed by atoms with Crippen molar-refractivity contribution in [2.75, 3.05) is 26.2 Å². The van der Waals surface area contributed by atoms with Gasteiger partial charge in [0.1, 0.15) is 5.82 Å². The van der Waals surface area contributed by atoms with Crippen LogP contribution >= 0.6 is 0 Å². The van der Waals surface area contributed by atoms with Crippen LogP contribution in [0.4, 0.5) is 0 Å². The van der Waals surface area contributed by atoms with Gasteiger partial charge in [-0.3, -0.25) is 0 Å². The third kappa shape index (κ3) is 3.78. The van der Waals surface area contributed by atoms with Crippen LogP contribution in [0.25, 0.3) is 0 Å². The van der Waals surface area contributed by atoms with E-state index in [2.05, 4.69) is 15.0 Å². The second kappa shape index (κ2) is 6.66. The molecular weight excluding hydrogens is 280 g/mol. The maximum atomic E-state index is 12.2. The number of sulfonamides is 1. The monoisotopic (exact) mass is 302 g/mol. The minimum atomic E-state index is -3.57. The molecule has 1 aliphatic rings. The summed E-state index contributed by atoms with van der Waals surface area (Å²) in [4.78, 5) is 4.12. The topological polar surface area (TPSA) is 85.2 Å². The van der Waals surface area contributed by atoms with Crippen LogP contribution in [0.5, 0.6) is 0 Å². The number of aryl methyl sites for hydroxylation is 2. The normalized spacial score (nSPS) is 20.2. The van der Waals surface area contributed by atoms with Gasteiger partial charge in [-0.2, -0.15) is 0 Å². The molecule has 0 saturated carbocycles. The van der Waals surface area contributed by atoms with Crippen molar-refractivity contribution >= 4 is 10.0 Å². The third-order valence-corrected chi connectivity index (χ3v) is 4.49. The second-order valence-corrected chi connectivity index (χ2v) is 6.58. The van der Waals surface area contributed by atoms with Crippen molar-refractivity contribution in [3.05, 3.63) is 12.0 Å². The Balaban J connectivity index is 2.00. The largest absolute Gasteiger partial charge is 0.374 e. The van der Waals surface area contributed by atoms with Gasteiger partial charge in [-0.05, 0) is 13.3 Å². The highest BCUT2D eigenvalue weighted by atomic mass is 32.2. The average molecular weight is 302 g/mol. The molecule has 1 aromatic heterocycles. The Morgan fingerprint density at radius 3 is 3.05 bits per heavy atom. The number of aromatic nitrogens is 2. The number of hydrogen-bond acceptors (Lipinski definition) is 5. The molecule has 1 saturated heterocycles. The lowest BCUT2D eigenvalue weighted by atomic mass is 10.3. The van der Waals surface area contributed by atoms with E-state index in [0.29, 0.717) is 19.0 Å². The highest BCUT2D eigenvalue weighted by molar-refractivity contribution is 7.89. The van der Waals surface area contributed by atoms with Crippen LogP contribution in [0.15, 0.2) is 11.2 Å². The van der Waals surface area contributed by atoms with E-state index in [-0.39, 0.29) is 17.7 Å². The van der Waals surface area contributed by atoms with Gasteiger partial charge in [0.05, 0.1) is 12.7 Å². The molecule has 0 amide bonds. The van der Waals surface area contributed by atoms with E-state index in [1.807, 2.05) is 18.4 Å². The average Bonchev–Trinajstić information content (AvgIpc) is 2.81. The fourth-order valence-electron chi connectivity index (χ4n) is 2.10. The van der Waals surface area contributed by atoms with Gasteiger partial charge in [-0.25, -0.2) is 18.1 Å². The van der Waals surface area contributed by atoms with E-state index in [1.165, 1.54) is 0 Å². The van der Waals surface area contributed by atoms with Crippen LogP contribution < -0.4 is 10.0 Å². The SMILES string of the molecule is CCCn1cc(S(=O)(=O)NCC2CNCCO2)nc1C. The van der Waals surface area contributed by atoms with E-state index >= 15 is 0 Å². The Morgan fingerprint density at radius 2 is 2.40 bits per heavy atom. The van der Waals surface area contributed by atoms with Gasteiger partial charge < -0.3 is 14.6 Å². The van der Waals surface area contributed by atoms with Crippen LogP contribution in [-0.4, -0.2) is 50.3 Å². The summed E-state index contributed by atoms with van der Waals surface area (Å²) in [6, 6.07) is 0. The lowest BCUT2D eigenvalue weighted by Gasteiger charge is -2.23. The quantitative estimate of drug-likeness (QED) is 0.764. The zero-order valence-corrected chi connectivity index (χ0v) is 12.7. The Labute approximate surface area is 119 Å². The van der Waals surface area contributed by atoms with E-state index in [1.54, 1.807) is 6.20 Å². The lowest BCUT2D eigenvalue weighted by molar-refractivity contribution is 0.0324. The van der Waals surface area contributed by atoms with Crippen LogP contribution in [0, 0.1) is 6.92 Å². The first-order chi connectivity index (χ1) is 9.53. The summed E-state index contributed by atoms with van der Waals surface area (Å²) < 4.78 is 34.2. The zero-order valence-electron chi connectivity index (χ0n) is 11.9. The van der Waals surface area contributed by atoms with Crippen molar-refractivity contribution < 1.29 is 13.2 Å². The Morgan fingerprint density at radius 1 is 1.60 bits per heavy atom. The molecule has 20 heavy (non-hydrogen) atoms. The first-order valence-corrected chi connectivity index (χ1v) is 8.37. The van der Waals surface area contributed by atoms with E-state index < -0.39 is 10.0 Å². The summed E-state index contributed by atoms with van der Waals surface area (Å²) in [6.45, 7) is 6.95. The Hall–Kier alpha value is -0.960. The van der Waals surface area contributed by atoms with Crippen molar-refractivity contribution in [2.45, 2.75) is 37.9 Å². The summed E-state index contributed by atoms with van der Waals surface area (Å²) >= 11 is 0. The number of rotatable bonds is 6. The molecular formula is C12H22N4O3S. The molecule has 0 aromatic carbocycles. The number of hydrogen-bond donors (Lipinski definition) is 2. The summed E-state index contributed by atoms with van der Waals surface area (Å²) in [6.07, 6.45) is 2.39. The molecule has 0 spiro atoms. The summed E-state index contributed by atoms with van der Waals surface area (Å²) in [5.41, 5.74) is 0. The summed E-state index contributed by atoms with van der Waals surface area (Å²) in [7, 11) is -3.57. The van der Waals surface area contributed by atoms with E-state index in [0.717, 1.165) is 19.5 Å². The standard InChI is InChI=1S/C12H22N4O3S/c1-3-5-16-9-12(15-10(16)2)20(17,18)14-8-11-7-13-4-6-19-11/h9,11,13-14H,3-8H2,1-2H3. The van der Waals surface area contributed by atoms with Gasteiger partial charge in [-0.1, -0.05) is 6.92 Å². The van der Waals surface area contributed by atoms with Gasteiger partial charge in [0.15, 0.2) is 5.03 Å². The molecule has 1 aliphatic heterocycles. The summed E-state index contributed by atoms with van der Waals surface area (Å²) in [5.74, 6) is 0.711. The zero-order chi connectivity index (χ0) is 14.6. The molecule has 114 valence electrons. The number of ether oxygens (including phenoxy) is 1. The molecule has 8 heteroatoms. The number of nitrogens with zero attached hydrogens (tertiary/aromatic N) is 2. The highest BCUT2D eigenvalue weighted by Crippen LogP contribution is 2.10. The van der Waals surface area contributed by atoms with Crippen molar-refractivity contribution in [1.82, 2.24) is 19.6 Å². The molecule has 1 fully saturated rings. The molecule has 7 nitrogen and oxygen atoms in total. The smallest absolute Gasteiger partial charge is 0.259 e. The van der Waals surface area contributed by atoms with Gasteiger partial charge in [-0.15, -0.1) is 0 Å². The Kier molecular flexibility index (Phi) is 5.14. The molecule has 2 heterocycles. The predicted molar refractivity (Wildman–Crippen MR) is 75.1 cm³/mol. The maximum absolute atomic E-state index is 12.2. The number of imidazole rings is 1. The van der Waals surface area contributed by atoms with Crippen molar-refractivity contribution in [3.63, 3.8) is 0 Å². The second-order valence-electron chi connectivity index (χ2n) is 4.87. The molecule has 2 rings (SSSR count). The van der Waals surface area contributed by atoms with Gasteiger partial charge in [0.25, 0.3) is 10.0 Å². The molecule has 1 atom stereocenters. The molecule has 1 unspecified atom stereocenters. The van der Waals surface area contributed by atoms with Crippen molar-refractivity contribution in [1.29, 1.82) is 0 Å². The minimum absolute atomic E-state index is 0.0761. The van der Waals surface area contributed by atoms with Crippen LogP contribution in [0.2, 0.25) is 0 Å². The van der Waals surface area contributed by atoms with Gasteiger partial charge in [0.2, 0.25) is 0 Å². The van der Waals surface area contributed by atoms with Crippen LogP contribution in [0.1, 0.15) is 19.2 Å². The maximum Gasteiger partial charge on any atom is 0.259 e. The predicted octanol–water partition coefficient (Wildman–Crippen LogP) is -0.132. The molecule has 0 bridgehead atoms. The van der Waals surface area contributed by atoms with Gasteiger partial charge in [0, 0.05) is 32.4 Å². The number of morpholine rings is 1. The highest BCUT2D eigenvalue weighted by Gasteiger charge is 2.22. The van der Waals surface area contributed by atoms with E-state index in [4.69, 9.17) is 4.74 Å². The van der Waals surface area contributed by atoms with Crippen molar-refractivity contribution in [2.24, 2.45) is 0 Å². The first kappa shape index (κ1) is 15.4. The fraction of sp³-hybridized carbons (Fsp3) is 0.750. The van der Waals surface area contributed by atoms with Crippen LogP contribution in [-0.2, 0) is 21.3 Å². The third-order valence-electron chi connectivity index (χ3n) is 3.20. The number of nitrogens with one attached hydrogen (secondary N) is 2. The van der Waals surface area contributed by atoms with Gasteiger partial charge >= 0.3 is 0 Å². The Bertz CT molecular complexity index is 535. The molecule has 0 aliphatic carbocycles. The molecule has 2 N–H and O–H groups in total. The minimum Gasteiger partial charge on any atom is -0.374 e. The van der Waals surface area contributed by atoms with Crippen molar-refractivity contribution in [3.8, 4) is 0 Å². The summed E-state index contributed by atoms with van der Waals surface area (Å²) in [5, 5.41) is 3.24. The first-order valence-electron chi connectivity index (χ1n) is 6.88. The molecule has 0 radical (unpaired) electrons. The molecule has 1 aromatic rings. The van der Waals surface area contributed by atoms with E-state index in [9.17, 15) is 8.42 Å².